The molecule has 1 N–H and O–H groups in total. The summed E-state index contributed by atoms with van der Waals surface area (Å²) in [4.78, 5) is 6.04. The maximum absolute atomic E-state index is 13.9. The number of para-hydroxylation sites is 1. The van der Waals surface area contributed by atoms with E-state index < -0.39 is 6.10 Å². The van der Waals surface area contributed by atoms with Gasteiger partial charge in [-0.05, 0) is 43.7 Å². The SMILES string of the molecule is CCN(c1cc([C@H](C)O)ccn1)c1ccccc1F. The minimum Gasteiger partial charge on any atom is -0.389 e. The van der Waals surface area contributed by atoms with Crippen molar-refractivity contribution in [3.63, 3.8) is 0 Å². The fourth-order valence-electron chi connectivity index (χ4n) is 1.97. The number of aliphatic hydroxyl groups excluding tert-OH is 1. The van der Waals surface area contributed by atoms with Gasteiger partial charge in [0.2, 0.25) is 0 Å². The average molecular weight is 260 g/mol. The topological polar surface area (TPSA) is 36.4 Å². The van der Waals surface area contributed by atoms with Crippen LogP contribution in [0, 0.1) is 5.82 Å². The zero-order valence-corrected chi connectivity index (χ0v) is 11.0. The molecule has 1 aromatic heterocycles. The lowest BCUT2D eigenvalue weighted by Gasteiger charge is -2.23. The number of aromatic nitrogens is 1. The molecular formula is C15H17FN2O. The number of aliphatic hydroxyl groups is 1. The van der Waals surface area contributed by atoms with Crippen molar-refractivity contribution in [3.05, 3.63) is 54.0 Å². The Morgan fingerprint density at radius 1 is 1.32 bits per heavy atom. The Balaban J connectivity index is 2.43. The fraction of sp³-hybridized carbons (Fsp3) is 0.267. The second-order valence-electron chi connectivity index (χ2n) is 4.32. The molecule has 2 rings (SSSR count). The lowest BCUT2D eigenvalue weighted by molar-refractivity contribution is 0.199. The molecular weight excluding hydrogens is 243 g/mol. The van der Waals surface area contributed by atoms with E-state index in [0.29, 0.717) is 18.1 Å². The second kappa shape index (κ2) is 5.80. The summed E-state index contributed by atoms with van der Waals surface area (Å²) in [6.07, 6.45) is 1.06. The zero-order valence-electron chi connectivity index (χ0n) is 11.0. The molecule has 0 spiro atoms. The summed E-state index contributed by atoms with van der Waals surface area (Å²) in [5.74, 6) is 0.347. The van der Waals surface area contributed by atoms with Crippen molar-refractivity contribution in [2.45, 2.75) is 20.0 Å². The van der Waals surface area contributed by atoms with Gasteiger partial charge < -0.3 is 10.0 Å². The summed E-state index contributed by atoms with van der Waals surface area (Å²) < 4.78 is 13.9. The van der Waals surface area contributed by atoms with Crippen molar-refractivity contribution in [1.82, 2.24) is 4.98 Å². The van der Waals surface area contributed by atoms with Crippen molar-refractivity contribution >= 4 is 11.5 Å². The van der Waals surface area contributed by atoms with Gasteiger partial charge in [-0.2, -0.15) is 0 Å². The number of halogens is 1. The largest absolute Gasteiger partial charge is 0.389 e. The van der Waals surface area contributed by atoms with Crippen molar-refractivity contribution < 1.29 is 9.50 Å². The van der Waals surface area contributed by atoms with Crippen LogP contribution in [-0.4, -0.2) is 16.6 Å². The number of hydrogen-bond donors (Lipinski definition) is 1. The molecule has 0 bridgehead atoms. The molecule has 1 heterocycles. The van der Waals surface area contributed by atoms with Crippen LogP contribution < -0.4 is 4.90 Å². The van der Waals surface area contributed by atoms with E-state index in [-0.39, 0.29) is 5.82 Å². The fourth-order valence-corrected chi connectivity index (χ4v) is 1.97. The highest BCUT2D eigenvalue weighted by Crippen LogP contribution is 2.27. The van der Waals surface area contributed by atoms with Gasteiger partial charge in [0.05, 0.1) is 11.8 Å². The molecule has 100 valence electrons. The van der Waals surface area contributed by atoms with Gasteiger partial charge in [0.1, 0.15) is 11.6 Å². The molecule has 2 aromatic rings. The van der Waals surface area contributed by atoms with Crippen LogP contribution in [-0.2, 0) is 0 Å². The first-order valence-corrected chi connectivity index (χ1v) is 6.29. The van der Waals surface area contributed by atoms with E-state index in [1.54, 1.807) is 48.4 Å². The number of hydrogen-bond acceptors (Lipinski definition) is 3. The van der Waals surface area contributed by atoms with Gasteiger partial charge in [0, 0.05) is 12.7 Å². The molecule has 3 nitrogen and oxygen atoms in total. The number of nitrogens with zero attached hydrogens (tertiary/aromatic N) is 2. The summed E-state index contributed by atoms with van der Waals surface area (Å²) in [6, 6.07) is 10.1. The van der Waals surface area contributed by atoms with Crippen LogP contribution >= 0.6 is 0 Å². The molecule has 1 aromatic carbocycles. The van der Waals surface area contributed by atoms with Crippen LogP contribution in [0.4, 0.5) is 15.9 Å². The molecule has 4 heteroatoms. The first kappa shape index (κ1) is 13.5. The van der Waals surface area contributed by atoms with Crippen LogP contribution in [0.15, 0.2) is 42.6 Å². The van der Waals surface area contributed by atoms with Crippen LogP contribution in [0.1, 0.15) is 25.5 Å². The minimum atomic E-state index is -0.568. The first-order chi connectivity index (χ1) is 9.13. The lowest BCUT2D eigenvalue weighted by atomic mass is 10.1. The quantitative estimate of drug-likeness (QED) is 0.915. The Hall–Kier alpha value is -1.94. The molecule has 0 saturated heterocycles. The van der Waals surface area contributed by atoms with E-state index in [1.807, 2.05) is 6.92 Å². The maximum Gasteiger partial charge on any atom is 0.146 e. The first-order valence-electron chi connectivity index (χ1n) is 6.29. The van der Waals surface area contributed by atoms with Crippen LogP contribution in [0.3, 0.4) is 0 Å². The third-order valence-corrected chi connectivity index (χ3v) is 2.99. The zero-order chi connectivity index (χ0) is 13.8. The Morgan fingerprint density at radius 3 is 2.68 bits per heavy atom. The summed E-state index contributed by atoms with van der Waals surface area (Å²) in [5.41, 5.74) is 1.25. The molecule has 1 atom stereocenters. The maximum atomic E-state index is 13.9. The van der Waals surface area contributed by atoms with E-state index in [4.69, 9.17) is 0 Å². The van der Waals surface area contributed by atoms with E-state index in [1.165, 1.54) is 6.07 Å². The van der Waals surface area contributed by atoms with E-state index in [2.05, 4.69) is 4.98 Å². The predicted molar refractivity (Wildman–Crippen MR) is 74.0 cm³/mol. The number of benzene rings is 1. The van der Waals surface area contributed by atoms with E-state index >= 15 is 0 Å². The molecule has 0 radical (unpaired) electrons. The van der Waals surface area contributed by atoms with Crippen LogP contribution in [0.5, 0.6) is 0 Å². The third-order valence-electron chi connectivity index (χ3n) is 2.99. The molecule has 0 aliphatic carbocycles. The van der Waals surface area contributed by atoms with Crippen molar-refractivity contribution in [2.75, 3.05) is 11.4 Å². The van der Waals surface area contributed by atoms with Gasteiger partial charge in [-0.25, -0.2) is 9.37 Å². The highest BCUT2D eigenvalue weighted by Gasteiger charge is 2.13. The Labute approximate surface area is 112 Å². The van der Waals surface area contributed by atoms with Crippen LogP contribution in [0.25, 0.3) is 0 Å². The van der Waals surface area contributed by atoms with Gasteiger partial charge in [0.25, 0.3) is 0 Å². The monoisotopic (exact) mass is 260 g/mol. The van der Waals surface area contributed by atoms with Crippen LogP contribution in [0.2, 0.25) is 0 Å². The lowest BCUT2D eigenvalue weighted by Crippen LogP contribution is -2.18. The van der Waals surface area contributed by atoms with Gasteiger partial charge in [-0.3, -0.25) is 0 Å². The highest BCUT2D eigenvalue weighted by molar-refractivity contribution is 5.60. The summed E-state index contributed by atoms with van der Waals surface area (Å²) >= 11 is 0. The van der Waals surface area contributed by atoms with Gasteiger partial charge in [-0.15, -0.1) is 0 Å². The smallest absolute Gasteiger partial charge is 0.146 e. The normalized spacial score (nSPS) is 12.2. The molecule has 19 heavy (non-hydrogen) atoms. The van der Waals surface area contributed by atoms with Gasteiger partial charge in [-0.1, -0.05) is 12.1 Å². The number of rotatable bonds is 4. The van der Waals surface area contributed by atoms with Gasteiger partial charge >= 0.3 is 0 Å². The van der Waals surface area contributed by atoms with Crippen molar-refractivity contribution in [1.29, 1.82) is 0 Å². The Bertz CT molecular complexity index is 557. The number of pyridine rings is 1. The molecule has 0 fully saturated rings. The standard InChI is InChI=1S/C15H17FN2O/c1-3-18(14-7-5-4-6-13(14)16)15-10-12(11(2)19)8-9-17-15/h4-11,19H,3H2,1-2H3/t11-/m0/s1. The summed E-state index contributed by atoms with van der Waals surface area (Å²) in [5, 5.41) is 9.61. The van der Waals surface area contributed by atoms with Gasteiger partial charge in [0.15, 0.2) is 0 Å². The summed E-state index contributed by atoms with van der Waals surface area (Å²) in [6.45, 7) is 4.22. The molecule has 0 unspecified atom stereocenters. The van der Waals surface area contributed by atoms with E-state index in [0.717, 1.165) is 5.56 Å². The number of anilines is 2. The Morgan fingerprint density at radius 2 is 2.05 bits per heavy atom. The second-order valence-corrected chi connectivity index (χ2v) is 4.32. The Kier molecular flexibility index (Phi) is 4.12. The van der Waals surface area contributed by atoms with Crippen molar-refractivity contribution in [2.24, 2.45) is 0 Å². The molecule has 0 amide bonds. The molecule has 0 aliphatic rings. The predicted octanol–water partition coefficient (Wildman–Crippen LogP) is 3.43. The van der Waals surface area contributed by atoms with E-state index in [9.17, 15) is 9.50 Å². The summed E-state index contributed by atoms with van der Waals surface area (Å²) in [7, 11) is 0. The highest BCUT2D eigenvalue weighted by atomic mass is 19.1. The third kappa shape index (κ3) is 2.90. The van der Waals surface area contributed by atoms with Crippen molar-refractivity contribution in [3.8, 4) is 0 Å². The minimum absolute atomic E-state index is 0.284. The average Bonchev–Trinajstić information content (AvgIpc) is 2.42. The molecule has 0 aliphatic heterocycles. The molecule has 0 saturated carbocycles.